The summed E-state index contributed by atoms with van der Waals surface area (Å²) in [5, 5.41) is 0. The second-order valence-corrected chi connectivity index (χ2v) is 8.85. The zero-order valence-electron chi connectivity index (χ0n) is 18.1. The molecule has 0 saturated carbocycles. The van der Waals surface area contributed by atoms with Crippen LogP contribution in [0.4, 0.5) is 0 Å². The summed E-state index contributed by atoms with van der Waals surface area (Å²) in [5.41, 5.74) is 1.67. The maximum atomic E-state index is 2.53. The minimum Gasteiger partial charge on any atom is -0.309 e. The van der Waals surface area contributed by atoms with Gasteiger partial charge in [0.15, 0.2) is 0 Å². The van der Waals surface area contributed by atoms with Crippen molar-refractivity contribution in [1.29, 1.82) is 0 Å². The molecule has 0 N–H and O–H groups in total. The first-order valence-electron chi connectivity index (χ1n) is 10.3. The number of likely N-dealkylation sites (N-methyl/N-ethyl adjacent to an activating group) is 1. The molecular weight excluding hydrogens is 292 g/mol. The first kappa shape index (κ1) is 23.7. The molecule has 0 rings (SSSR count). The van der Waals surface area contributed by atoms with E-state index in [9.17, 15) is 0 Å². The van der Waals surface area contributed by atoms with Crippen molar-refractivity contribution < 1.29 is 0 Å². The molecule has 0 aromatic heterocycles. The average molecular weight is 339 g/mol. The van der Waals surface area contributed by atoms with Crippen molar-refractivity contribution in [2.75, 3.05) is 40.8 Å². The van der Waals surface area contributed by atoms with Gasteiger partial charge >= 0.3 is 0 Å². The number of rotatable bonds is 14. The van der Waals surface area contributed by atoms with Crippen molar-refractivity contribution in [2.45, 2.75) is 73.1 Å². The molecule has 0 radical (unpaired) electrons. The van der Waals surface area contributed by atoms with Gasteiger partial charge in [-0.05, 0) is 64.7 Å². The van der Waals surface area contributed by atoms with Crippen molar-refractivity contribution in [2.24, 2.45) is 17.8 Å². The molecule has 0 aliphatic rings. The van der Waals surface area contributed by atoms with Gasteiger partial charge in [0.05, 0.1) is 0 Å². The molecule has 0 fully saturated rings. The van der Waals surface area contributed by atoms with Crippen molar-refractivity contribution in [3.05, 3.63) is 11.6 Å². The molecule has 0 aromatic rings. The quantitative estimate of drug-likeness (QED) is 0.296. The first-order valence-corrected chi connectivity index (χ1v) is 10.3. The normalized spacial score (nSPS) is 14.4. The summed E-state index contributed by atoms with van der Waals surface area (Å²) in [6.07, 6.45) is 10.4. The van der Waals surface area contributed by atoms with Gasteiger partial charge < -0.3 is 9.80 Å². The van der Waals surface area contributed by atoms with Crippen LogP contribution in [0.15, 0.2) is 11.6 Å². The highest BCUT2D eigenvalue weighted by Crippen LogP contribution is 2.22. The molecule has 0 saturated heterocycles. The molecule has 1 unspecified atom stereocenters. The summed E-state index contributed by atoms with van der Waals surface area (Å²) in [6.45, 7) is 15.2. The number of nitrogens with zero attached hydrogens (tertiary/aromatic N) is 2. The van der Waals surface area contributed by atoms with E-state index in [-0.39, 0.29) is 0 Å². The van der Waals surface area contributed by atoms with Crippen LogP contribution in [-0.2, 0) is 0 Å². The van der Waals surface area contributed by atoms with Gasteiger partial charge in [0.1, 0.15) is 0 Å². The van der Waals surface area contributed by atoms with Gasteiger partial charge in [0.2, 0.25) is 0 Å². The Hall–Kier alpha value is -0.340. The lowest BCUT2D eigenvalue weighted by atomic mass is 9.91. The Bertz CT molecular complexity index is 318. The Kier molecular flexibility index (Phi) is 13.7. The van der Waals surface area contributed by atoms with Crippen LogP contribution in [0.2, 0.25) is 0 Å². The molecule has 0 spiro atoms. The molecule has 2 heteroatoms. The highest BCUT2D eigenvalue weighted by molar-refractivity contribution is 5.05. The Labute approximate surface area is 153 Å². The fourth-order valence-corrected chi connectivity index (χ4v) is 3.31. The fourth-order valence-electron chi connectivity index (χ4n) is 3.31. The van der Waals surface area contributed by atoms with E-state index in [0.717, 1.165) is 24.3 Å². The van der Waals surface area contributed by atoms with Crippen LogP contribution in [-0.4, -0.2) is 50.6 Å². The van der Waals surface area contributed by atoms with E-state index < -0.39 is 0 Å². The van der Waals surface area contributed by atoms with E-state index in [1.54, 1.807) is 5.57 Å². The van der Waals surface area contributed by atoms with E-state index in [4.69, 9.17) is 0 Å². The van der Waals surface area contributed by atoms with Crippen LogP contribution in [0.1, 0.15) is 73.1 Å². The van der Waals surface area contributed by atoms with E-state index >= 15 is 0 Å². The summed E-state index contributed by atoms with van der Waals surface area (Å²) < 4.78 is 0. The zero-order chi connectivity index (χ0) is 18.5. The van der Waals surface area contributed by atoms with Crippen molar-refractivity contribution in [1.82, 2.24) is 9.80 Å². The highest BCUT2D eigenvalue weighted by atomic mass is 15.1. The van der Waals surface area contributed by atoms with Crippen LogP contribution in [0.3, 0.4) is 0 Å². The summed E-state index contributed by atoms with van der Waals surface area (Å²) in [5.74, 6) is 2.39. The van der Waals surface area contributed by atoms with Crippen molar-refractivity contribution in [3.63, 3.8) is 0 Å². The first-order chi connectivity index (χ1) is 11.2. The summed E-state index contributed by atoms with van der Waals surface area (Å²) in [6, 6.07) is 0. The van der Waals surface area contributed by atoms with Gasteiger partial charge in [-0.2, -0.15) is 0 Å². The standard InChI is InChI=1S/C22H46N2/c1-9-21(18-23(6)7)17-22(16-20(4)5)13-15-24(8)14-11-10-12-19(2)3/h13,19-21H,9-12,14-18H2,1-8H3/b22-13+. The molecule has 0 heterocycles. The number of unbranched alkanes of at least 4 members (excludes halogenated alkanes) is 1. The zero-order valence-corrected chi connectivity index (χ0v) is 18.1. The molecule has 144 valence electrons. The van der Waals surface area contributed by atoms with Crippen LogP contribution in [0, 0.1) is 17.8 Å². The smallest absolute Gasteiger partial charge is 0.0162 e. The second-order valence-electron chi connectivity index (χ2n) is 8.85. The molecule has 0 aliphatic heterocycles. The van der Waals surface area contributed by atoms with E-state index in [1.807, 2.05) is 0 Å². The molecule has 0 bridgehead atoms. The number of hydrogen-bond acceptors (Lipinski definition) is 2. The third kappa shape index (κ3) is 14.0. The van der Waals surface area contributed by atoms with Gasteiger partial charge in [-0.15, -0.1) is 0 Å². The predicted molar refractivity (Wildman–Crippen MR) is 111 cm³/mol. The maximum Gasteiger partial charge on any atom is 0.0162 e. The Balaban J connectivity index is 4.43. The van der Waals surface area contributed by atoms with Crippen LogP contribution in [0.25, 0.3) is 0 Å². The fraction of sp³-hybridized carbons (Fsp3) is 0.909. The molecule has 0 amide bonds. The minimum atomic E-state index is 0.754. The summed E-state index contributed by atoms with van der Waals surface area (Å²) in [4.78, 5) is 4.83. The van der Waals surface area contributed by atoms with E-state index in [2.05, 4.69) is 71.6 Å². The third-order valence-corrected chi connectivity index (χ3v) is 4.68. The Morgan fingerprint density at radius 2 is 1.58 bits per heavy atom. The second kappa shape index (κ2) is 13.9. The monoisotopic (exact) mass is 338 g/mol. The SMILES string of the molecule is CCC(C/C(=C/CN(C)CCCCC(C)C)CC(C)C)CN(C)C. The molecule has 0 aromatic carbocycles. The Morgan fingerprint density at radius 1 is 0.917 bits per heavy atom. The minimum absolute atomic E-state index is 0.754. The molecule has 2 nitrogen and oxygen atoms in total. The third-order valence-electron chi connectivity index (χ3n) is 4.68. The summed E-state index contributed by atoms with van der Waals surface area (Å²) >= 11 is 0. The van der Waals surface area contributed by atoms with E-state index in [0.29, 0.717) is 0 Å². The van der Waals surface area contributed by atoms with E-state index in [1.165, 1.54) is 51.6 Å². The number of hydrogen-bond donors (Lipinski definition) is 0. The maximum absolute atomic E-state index is 2.53. The number of allylic oxidation sites excluding steroid dienone is 1. The van der Waals surface area contributed by atoms with Gasteiger partial charge in [-0.25, -0.2) is 0 Å². The molecule has 24 heavy (non-hydrogen) atoms. The van der Waals surface area contributed by atoms with Crippen molar-refractivity contribution >= 4 is 0 Å². The predicted octanol–water partition coefficient (Wildman–Crippen LogP) is 5.69. The van der Waals surface area contributed by atoms with Gasteiger partial charge in [0, 0.05) is 13.1 Å². The molecular formula is C22H46N2. The van der Waals surface area contributed by atoms with Crippen LogP contribution < -0.4 is 0 Å². The lowest BCUT2D eigenvalue weighted by Crippen LogP contribution is -2.23. The molecule has 0 aliphatic carbocycles. The van der Waals surface area contributed by atoms with Crippen molar-refractivity contribution in [3.8, 4) is 0 Å². The topological polar surface area (TPSA) is 6.48 Å². The lowest BCUT2D eigenvalue weighted by molar-refractivity contribution is 0.312. The largest absolute Gasteiger partial charge is 0.309 e. The average Bonchev–Trinajstić information content (AvgIpc) is 2.47. The van der Waals surface area contributed by atoms with Crippen LogP contribution in [0.5, 0.6) is 0 Å². The highest BCUT2D eigenvalue weighted by Gasteiger charge is 2.12. The molecule has 1 atom stereocenters. The Morgan fingerprint density at radius 3 is 2.08 bits per heavy atom. The van der Waals surface area contributed by atoms with Gasteiger partial charge in [-0.1, -0.05) is 65.5 Å². The summed E-state index contributed by atoms with van der Waals surface area (Å²) in [7, 11) is 6.66. The van der Waals surface area contributed by atoms with Gasteiger partial charge in [0.25, 0.3) is 0 Å². The lowest BCUT2D eigenvalue weighted by Gasteiger charge is -2.23. The van der Waals surface area contributed by atoms with Gasteiger partial charge in [-0.3, -0.25) is 0 Å². The van der Waals surface area contributed by atoms with Crippen LogP contribution >= 0.6 is 0 Å².